The molecular weight excluding hydrogens is 390 g/mol. The summed E-state index contributed by atoms with van der Waals surface area (Å²) in [4.78, 5) is 26.7. The van der Waals surface area contributed by atoms with Crippen LogP contribution in [-0.4, -0.2) is 32.2 Å². The third-order valence-corrected chi connectivity index (χ3v) is 6.23. The molecular formula is C22H27NO5S. The summed E-state index contributed by atoms with van der Waals surface area (Å²) in [5, 5.41) is 2.79. The van der Waals surface area contributed by atoms with Crippen LogP contribution >= 0.6 is 11.3 Å². The van der Waals surface area contributed by atoms with Gasteiger partial charge in [-0.3, -0.25) is 4.79 Å². The van der Waals surface area contributed by atoms with Gasteiger partial charge in [-0.25, -0.2) is 4.79 Å². The minimum absolute atomic E-state index is 0.300. The molecule has 0 aliphatic heterocycles. The number of nitrogens with one attached hydrogen (secondary N) is 1. The van der Waals surface area contributed by atoms with E-state index in [0.29, 0.717) is 22.9 Å². The summed E-state index contributed by atoms with van der Waals surface area (Å²) < 4.78 is 15.9. The molecule has 7 heteroatoms. The maximum atomic E-state index is 12.5. The van der Waals surface area contributed by atoms with Crippen molar-refractivity contribution in [3.63, 3.8) is 0 Å². The first-order valence-corrected chi connectivity index (χ1v) is 10.6. The van der Waals surface area contributed by atoms with Gasteiger partial charge in [0.25, 0.3) is 5.91 Å². The topological polar surface area (TPSA) is 73.9 Å². The fourth-order valence-corrected chi connectivity index (χ4v) is 4.50. The molecule has 156 valence electrons. The van der Waals surface area contributed by atoms with Crippen molar-refractivity contribution in [1.82, 2.24) is 5.32 Å². The Morgan fingerprint density at radius 3 is 2.59 bits per heavy atom. The van der Waals surface area contributed by atoms with E-state index in [1.54, 1.807) is 33.3 Å². The molecule has 0 radical (unpaired) electrons. The summed E-state index contributed by atoms with van der Waals surface area (Å²) in [6, 6.07) is 7.36. The molecule has 6 nitrogen and oxygen atoms in total. The Morgan fingerprint density at radius 1 is 1.07 bits per heavy atom. The summed E-state index contributed by atoms with van der Waals surface area (Å²) in [5.74, 6) is 0.443. The monoisotopic (exact) mass is 417 g/mol. The van der Waals surface area contributed by atoms with E-state index in [0.717, 1.165) is 31.2 Å². The zero-order valence-electron chi connectivity index (χ0n) is 17.1. The van der Waals surface area contributed by atoms with Crippen LogP contribution in [0.15, 0.2) is 24.3 Å². The molecule has 1 N–H and O–H groups in total. The van der Waals surface area contributed by atoms with E-state index in [-0.39, 0.29) is 5.91 Å². The predicted octanol–water partition coefficient (Wildman–Crippen LogP) is 3.90. The van der Waals surface area contributed by atoms with Gasteiger partial charge >= 0.3 is 5.97 Å². The van der Waals surface area contributed by atoms with Crippen molar-refractivity contribution >= 4 is 23.2 Å². The number of methoxy groups -OCH3 is 2. The number of carbonyl (C=O) groups excluding carboxylic acids is 2. The smallest absolute Gasteiger partial charge is 0.349 e. The van der Waals surface area contributed by atoms with Crippen LogP contribution in [-0.2, 0) is 28.9 Å². The highest BCUT2D eigenvalue weighted by Crippen LogP contribution is 2.30. The SMILES string of the molecule is COc1ccc(CNC(=O)C(C)OC(=O)c2cc3c(s2)CCCCC3)cc1OC. The molecule has 1 unspecified atom stereocenters. The zero-order chi connectivity index (χ0) is 20.8. The number of aryl methyl sites for hydroxylation is 2. The first kappa shape index (κ1) is 21.2. The van der Waals surface area contributed by atoms with Crippen molar-refractivity contribution in [3.8, 4) is 11.5 Å². The number of hydrogen-bond donors (Lipinski definition) is 1. The van der Waals surface area contributed by atoms with Crippen LogP contribution in [0.2, 0.25) is 0 Å². The van der Waals surface area contributed by atoms with Gasteiger partial charge in [0.05, 0.1) is 14.2 Å². The Bertz CT molecular complexity index is 853. The van der Waals surface area contributed by atoms with Crippen LogP contribution in [0, 0.1) is 0 Å². The highest BCUT2D eigenvalue weighted by atomic mass is 32.1. The van der Waals surface area contributed by atoms with E-state index in [4.69, 9.17) is 14.2 Å². The number of rotatable bonds is 7. The molecule has 0 spiro atoms. The number of amides is 1. The van der Waals surface area contributed by atoms with E-state index in [1.165, 1.54) is 28.2 Å². The molecule has 1 atom stereocenters. The quantitative estimate of drug-likeness (QED) is 0.546. The molecule has 1 aromatic carbocycles. The number of benzene rings is 1. The van der Waals surface area contributed by atoms with E-state index < -0.39 is 12.1 Å². The molecule has 0 bridgehead atoms. The Hall–Kier alpha value is -2.54. The van der Waals surface area contributed by atoms with Crippen LogP contribution < -0.4 is 14.8 Å². The summed E-state index contributed by atoms with van der Waals surface area (Å²) in [5.41, 5.74) is 2.11. The molecule has 2 aromatic rings. The van der Waals surface area contributed by atoms with Crippen molar-refractivity contribution < 1.29 is 23.8 Å². The summed E-state index contributed by atoms with van der Waals surface area (Å²) >= 11 is 1.50. The number of fused-ring (bicyclic) bond motifs is 1. The molecule has 3 rings (SSSR count). The summed E-state index contributed by atoms with van der Waals surface area (Å²) in [6.45, 7) is 1.88. The molecule has 1 heterocycles. The molecule has 1 aliphatic carbocycles. The molecule has 1 aliphatic rings. The van der Waals surface area contributed by atoms with Gasteiger partial charge < -0.3 is 19.5 Å². The Labute approximate surface area is 175 Å². The van der Waals surface area contributed by atoms with Gasteiger partial charge in [-0.1, -0.05) is 12.5 Å². The molecule has 0 fully saturated rings. The molecule has 29 heavy (non-hydrogen) atoms. The standard InChI is InChI=1S/C22H27NO5S/c1-14(21(24)23-13-15-9-10-17(26-2)18(11-15)27-3)28-22(25)20-12-16-7-5-4-6-8-19(16)29-20/h9-12,14H,4-8,13H2,1-3H3,(H,23,24). The molecule has 0 saturated heterocycles. The number of esters is 1. The van der Waals surface area contributed by atoms with E-state index in [9.17, 15) is 9.59 Å². The Balaban J connectivity index is 1.54. The van der Waals surface area contributed by atoms with Crippen molar-refractivity contribution in [2.45, 2.75) is 51.7 Å². The molecule has 0 saturated carbocycles. The second-order valence-electron chi connectivity index (χ2n) is 7.07. The molecule has 1 aromatic heterocycles. The largest absolute Gasteiger partial charge is 0.493 e. The van der Waals surface area contributed by atoms with Crippen molar-refractivity contribution in [3.05, 3.63) is 45.1 Å². The van der Waals surface area contributed by atoms with Gasteiger partial charge in [-0.2, -0.15) is 0 Å². The van der Waals surface area contributed by atoms with Gasteiger partial charge in [-0.15, -0.1) is 11.3 Å². The van der Waals surface area contributed by atoms with Crippen LogP contribution in [0.1, 0.15) is 51.9 Å². The van der Waals surface area contributed by atoms with Crippen LogP contribution in [0.5, 0.6) is 11.5 Å². The van der Waals surface area contributed by atoms with Crippen LogP contribution in [0.3, 0.4) is 0 Å². The fourth-order valence-electron chi connectivity index (χ4n) is 3.36. The lowest BCUT2D eigenvalue weighted by atomic mass is 10.1. The van der Waals surface area contributed by atoms with E-state index >= 15 is 0 Å². The lowest BCUT2D eigenvalue weighted by molar-refractivity contribution is -0.129. The number of ether oxygens (including phenoxy) is 3. The molecule has 1 amide bonds. The normalized spacial score (nSPS) is 14.3. The lowest BCUT2D eigenvalue weighted by Gasteiger charge is -2.14. The summed E-state index contributed by atoms with van der Waals surface area (Å²) in [6.07, 6.45) is 4.72. The van der Waals surface area contributed by atoms with Crippen LogP contribution in [0.25, 0.3) is 0 Å². The first-order valence-electron chi connectivity index (χ1n) is 9.83. The van der Waals surface area contributed by atoms with E-state index in [1.807, 2.05) is 12.1 Å². The fraction of sp³-hybridized carbons (Fsp3) is 0.455. The maximum Gasteiger partial charge on any atom is 0.349 e. The summed E-state index contributed by atoms with van der Waals surface area (Å²) in [7, 11) is 3.13. The van der Waals surface area contributed by atoms with E-state index in [2.05, 4.69) is 5.32 Å². The Kier molecular flexibility index (Phi) is 7.14. The van der Waals surface area contributed by atoms with Gasteiger partial charge in [0.15, 0.2) is 17.6 Å². The zero-order valence-corrected chi connectivity index (χ0v) is 17.9. The minimum Gasteiger partial charge on any atom is -0.493 e. The Morgan fingerprint density at radius 2 is 1.83 bits per heavy atom. The lowest BCUT2D eigenvalue weighted by Crippen LogP contribution is -2.35. The second-order valence-corrected chi connectivity index (χ2v) is 8.21. The van der Waals surface area contributed by atoms with Crippen LogP contribution in [0.4, 0.5) is 0 Å². The van der Waals surface area contributed by atoms with Gasteiger partial charge in [0.2, 0.25) is 0 Å². The van der Waals surface area contributed by atoms with Crippen molar-refractivity contribution in [1.29, 1.82) is 0 Å². The third kappa shape index (κ3) is 5.29. The number of thiophene rings is 1. The number of carbonyl (C=O) groups is 2. The highest BCUT2D eigenvalue weighted by molar-refractivity contribution is 7.14. The van der Waals surface area contributed by atoms with Gasteiger partial charge in [0, 0.05) is 11.4 Å². The van der Waals surface area contributed by atoms with Crippen molar-refractivity contribution in [2.24, 2.45) is 0 Å². The van der Waals surface area contributed by atoms with Crippen molar-refractivity contribution in [2.75, 3.05) is 14.2 Å². The second kappa shape index (κ2) is 9.78. The van der Waals surface area contributed by atoms with Gasteiger partial charge in [-0.05, 0) is 61.9 Å². The maximum absolute atomic E-state index is 12.5. The average Bonchev–Trinajstić information content (AvgIpc) is 3.02. The average molecular weight is 418 g/mol. The first-order chi connectivity index (χ1) is 14.0. The third-order valence-electron chi connectivity index (χ3n) is 5.02. The van der Waals surface area contributed by atoms with Gasteiger partial charge in [0.1, 0.15) is 4.88 Å². The highest BCUT2D eigenvalue weighted by Gasteiger charge is 2.22. The number of hydrogen-bond acceptors (Lipinski definition) is 6. The predicted molar refractivity (Wildman–Crippen MR) is 112 cm³/mol. The minimum atomic E-state index is -0.871.